The molecule has 0 fully saturated rings. The van der Waals surface area contributed by atoms with Crippen LogP contribution in [0.15, 0.2) is 78.9 Å². The van der Waals surface area contributed by atoms with Crippen LogP contribution in [0.1, 0.15) is 34.2 Å². The number of nitrogens with zero attached hydrogens (tertiary/aromatic N) is 2. The average molecular weight is 434 g/mol. The molecule has 0 radical (unpaired) electrons. The summed E-state index contributed by atoms with van der Waals surface area (Å²) in [6.45, 7) is 0.347. The number of para-hydroxylation sites is 2. The molecule has 0 aliphatic rings. The van der Waals surface area contributed by atoms with E-state index in [4.69, 9.17) is 4.98 Å². The topological polar surface area (TPSA) is 46.9 Å². The van der Waals surface area contributed by atoms with Crippen molar-refractivity contribution in [3.05, 3.63) is 102 Å². The van der Waals surface area contributed by atoms with Crippen molar-refractivity contribution in [3.8, 4) is 0 Å². The molecular formula is C25H24FN3OS. The van der Waals surface area contributed by atoms with Gasteiger partial charge in [-0.25, -0.2) is 9.37 Å². The van der Waals surface area contributed by atoms with Gasteiger partial charge in [0.15, 0.2) is 0 Å². The lowest BCUT2D eigenvalue weighted by atomic mass is 10.1. The van der Waals surface area contributed by atoms with Crippen molar-refractivity contribution in [2.45, 2.75) is 19.0 Å². The van der Waals surface area contributed by atoms with E-state index >= 15 is 0 Å². The highest BCUT2D eigenvalue weighted by molar-refractivity contribution is 7.98. The van der Waals surface area contributed by atoms with E-state index in [0.29, 0.717) is 17.7 Å². The number of thioether (sulfide) groups is 1. The van der Waals surface area contributed by atoms with Crippen molar-refractivity contribution in [3.63, 3.8) is 0 Å². The molecule has 1 amide bonds. The van der Waals surface area contributed by atoms with Gasteiger partial charge in [-0.1, -0.05) is 48.5 Å². The van der Waals surface area contributed by atoms with Crippen LogP contribution in [0, 0.1) is 5.82 Å². The number of carbonyl (C=O) groups excluding carboxylic acids is 1. The molecule has 0 aliphatic heterocycles. The minimum Gasteiger partial charge on any atom is -0.342 e. The maximum absolute atomic E-state index is 14.4. The van der Waals surface area contributed by atoms with E-state index in [1.807, 2.05) is 59.4 Å². The molecule has 0 saturated carbocycles. The molecular weight excluding hydrogens is 409 g/mol. The van der Waals surface area contributed by atoms with E-state index < -0.39 is 0 Å². The minimum absolute atomic E-state index is 0.142. The van der Waals surface area contributed by atoms with Gasteiger partial charge in [0.05, 0.1) is 23.6 Å². The van der Waals surface area contributed by atoms with Crippen molar-refractivity contribution < 1.29 is 9.18 Å². The van der Waals surface area contributed by atoms with Crippen LogP contribution < -0.4 is 5.32 Å². The third-order valence-electron chi connectivity index (χ3n) is 5.23. The zero-order valence-electron chi connectivity index (χ0n) is 17.3. The SMILES string of the molecule is CSCC[C@@H](NC(=O)c1ccccc1)c1nc2ccccc2n1Cc1ccccc1F. The molecule has 6 heteroatoms. The van der Waals surface area contributed by atoms with Crippen LogP contribution >= 0.6 is 11.8 Å². The van der Waals surface area contributed by atoms with Gasteiger partial charge < -0.3 is 9.88 Å². The Kier molecular flexibility index (Phi) is 6.67. The van der Waals surface area contributed by atoms with Gasteiger partial charge in [-0.2, -0.15) is 11.8 Å². The number of hydrogen-bond acceptors (Lipinski definition) is 3. The second-order valence-electron chi connectivity index (χ2n) is 7.31. The van der Waals surface area contributed by atoms with Crippen LogP contribution in [0.3, 0.4) is 0 Å². The maximum atomic E-state index is 14.4. The normalized spacial score (nSPS) is 12.1. The molecule has 1 N–H and O–H groups in total. The van der Waals surface area contributed by atoms with Crippen LogP contribution in [0.25, 0.3) is 11.0 Å². The van der Waals surface area contributed by atoms with Gasteiger partial charge in [0.25, 0.3) is 5.91 Å². The predicted molar refractivity (Wildman–Crippen MR) is 125 cm³/mol. The Hall–Kier alpha value is -3.12. The first-order valence-corrected chi connectivity index (χ1v) is 11.6. The van der Waals surface area contributed by atoms with Gasteiger partial charge >= 0.3 is 0 Å². The number of hydrogen-bond donors (Lipinski definition) is 1. The number of fused-ring (bicyclic) bond motifs is 1. The van der Waals surface area contributed by atoms with Crippen molar-refractivity contribution in [2.75, 3.05) is 12.0 Å². The third-order valence-corrected chi connectivity index (χ3v) is 5.88. The lowest BCUT2D eigenvalue weighted by Gasteiger charge is -2.20. The average Bonchev–Trinajstić information content (AvgIpc) is 3.17. The smallest absolute Gasteiger partial charge is 0.251 e. The molecule has 0 unspecified atom stereocenters. The molecule has 1 aromatic heterocycles. The highest BCUT2D eigenvalue weighted by Crippen LogP contribution is 2.26. The Bertz CT molecular complexity index is 1180. The van der Waals surface area contributed by atoms with Crippen LogP contribution in [0.5, 0.6) is 0 Å². The molecule has 0 spiro atoms. The fraction of sp³-hybridized carbons (Fsp3) is 0.200. The van der Waals surface area contributed by atoms with Crippen molar-refractivity contribution in [2.24, 2.45) is 0 Å². The van der Waals surface area contributed by atoms with E-state index in [0.717, 1.165) is 29.0 Å². The molecule has 31 heavy (non-hydrogen) atoms. The monoisotopic (exact) mass is 433 g/mol. The molecule has 158 valence electrons. The van der Waals surface area contributed by atoms with Gasteiger partial charge in [-0.15, -0.1) is 0 Å². The first-order chi connectivity index (χ1) is 15.2. The standard InChI is InChI=1S/C25H24FN3OS/c1-31-16-15-22(28-25(30)18-9-3-2-4-10-18)24-27-21-13-7-8-14-23(21)29(24)17-19-11-5-6-12-20(19)26/h2-14,22H,15-17H2,1H3,(H,28,30)/t22-/m1/s1. The predicted octanol–water partition coefficient (Wildman–Crippen LogP) is 5.45. The van der Waals surface area contributed by atoms with Gasteiger partial charge in [-0.3, -0.25) is 4.79 Å². The molecule has 3 aromatic carbocycles. The Morgan fingerprint density at radius 3 is 2.52 bits per heavy atom. The number of halogens is 1. The summed E-state index contributed by atoms with van der Waals surface area (Å²) in [5.41, 5.74) is 2.94. The van der Waals surface area contributed by atoms with Crippen LogP contribution in [0.4, 0.5) is 4.39 Å². The number of amides is 1. The molecule has 4 aromatic rings. The van der Waals surface area contributed by atoms with E-state index in [1.54, 1.807) is 36.0 Å². The lowest BCUT2D eigenvalue weighted by Crippen LogP contribution is -2.31. The first kappa shape index (κ1) is 21.1. The zero-order valence-corrected chi connectivity index (χ0v) is 18.1. The summed E-state index contributed by atoms with van der Waals surface area (Å²) in [6.07, 6.45) is 2.76. The molecule has 4 rings (SSSR count). The molecule has 0 saturated heterocycles. The van der Waals surface area contributed by atoms with Gasteiger partial charge in [0.1, 0.15) is 11.6 Å². The number of imidazole rings is 1. The number of nitrogens with one attached hydrogen (secondary N) is 1. The minimum atomic E-state index is -0.292. The summed E-state index contributed by atoms with van der Waals surface area (Å²) >= 11 is 1.72. The van der Waals surface area contributed by atoms with Crippen LogP contribution in [-0.2, 0) is 6.54 Å². The van der Waals surface area contributed by atoms with Gasteiger partial charge in [-0.05, 0) is 48.8 Å². The molecule has 0 bridgehead atoms. The number of aromatic nitrogens is 2. The summed E-state index contributed by atoms with van der Waals surface area (Å²) in [5, 5.41) is 3.16. The fourth-order valence-electron chi connectivity index (χ4n) is 3.66. The fourth-order valence-corrected chi connectivity index (χ4v) is 4.13. The Balaban J connectivity index is 1.75. The second-order valence-corrected chi connectivity index (χ2v) is 8.30. The van der Waals surface area contributed by atoms with Gasteiger partial charge in [0.2, 0.25) is 0 Å². The van der Waals surface area contributed by atoms with Gasteiger partial charge in [0, 0.05) is 11.1 Å². The summed E-state index contributed by atoms with van der Waals surface area (Å²) in [5.74, 6) is 1.21. The number of rotatable bonds is 8. The van der Waals surface area contributed by atoms with Crippen LogP contribution in [-0.4, -0.2) is 27.5 Å². The van der Waals surface area contributed by atoms with E-state index in [-0.39, 0.29) is 17.8 Å². The Morgan fingerprint density at radius 2 is 1.74 bits per heavy atom. The largest absolute Gasteiger partial charge is 0.342 e. The quantitative estimate of drug-likeness (QED) is 0.402. The first-order valence-electron chi connectivity index (χ1n) is 10.2. The van der Waals surface area contributed by atoms with Crippen molar-refractivity contribution >= 4 is 28.7 Å². The Labute approximate surface area is 185 Å². The Morgan fingerprint density at radius 1 is 1.03 bits per heavy atom. The highest BCUT2D eigenvalue weighted by atomic mass is 32.2. The summed E-state index contributed by atoms with van der Waals surface area (Å²) in [7, 11) is 0. The molecule has 0 aliphatic carbocycles. The maximum Gasteiger partial charge on any atom is 0.251 e. The summed E-state index contributed by atoms with van der Waals surface area (Å²) in [6, 6.07) is 23.5. The van der Waals surface area contributed by atoms with E-state index in [1.165, 1.54) is 6.07 Å². The lowest BCUT2D eigenvalue weighted by molar-refractivity contribution is 0.0933. The number of carbonyl (C=O) groups is 1. The van der Waals surface area contributed by atoms with E-state index in [2.05, 4.69) is 5.32 Å². The summed E-state index contributed by atoms with van der Waals surface area (Å²) < 4.78 is 16.5. The van der Waals surface area contributed by atoms with Crippen LogP contribution in [0.2, 0.25) is 0 Å². The second kappa shape index (κ2) is 9.79. The molecule has 1 atom stereocenters. The third kappa shape index (κ3) is 4.80. The molecule has 4 nitrogen and oxygen atoms in total. The molecule has 1 heterocycles. The van der Waals surface area contributed by atoms with E-state index in [9.17, 15) is 9.18 Å². The number of benzene rings is 3. The van der Waals surface area contributed by atoms with Crippen molar-refractivity contribution in [1.82, 2.24) is 14.9 Å². The van der Waals surface area contributed by atoms with Crippen molar-refractivity contribution in [1.29, 1.82) is 0 Å². The zero-order chi connectivity index (χ0) is 21.6. The summed E-state index contributed by atoms with van der Waals surface area (Å²) in [4.78, 5) is 17.8. The highest BCUT2D eigenvalue weighted by Gasteiger charge is 2.23.